The average molecular weight is 479 g/mol. The molecule has 1 aromatic heterocycles. The maximum Gasteiger partial charge on any atom is 0.329 e. The van der Waals surface area contributed by atoms with Crippen LogP contribution in [0.3, 0.4) is 0 Å². The van der Waals surface area contributed by atoms with Crippen LogP contribution in [0.2, 0.25) is 0 Å². The van der Waals surface area contributed by atoms with Crippen molar-refractivity contribution in [3.63, 3.8) is 0 Å². The number of imidazole rings is 1. The van der Waals surface area contributed by atoms with Gasteiger partial charge in [0.2, 0.25) is 11.8 Å². The zero-order valence-electron chi connectivity index (χ0n) is 21.0. The van der Waals surface area contributed by atoms with Crippen molar-refractivity contribution >= 4 is 22.8 Å². The lowest BCUT2D eigenvalue weighted by molar-refractivity contribution is -0.160. The first-order valence-electron chi connectivity index (χ1n) is 13.7. The van der Waals surface area contributed by atoms with Crippen LogP contribution in [0.5, 0.6) is 0 Å². The molecule has 0 spiro atoms. The molecule has 1 saturated heterocycles. The van der Waals surface area contributed by atoms with Crippen LogP contribution in [0.4, 0.5) is 0 Å². The van der Waals surface area contributed by atoms with E-state index in [-0.39, 0.29) is 17.0 Å². The van der Waals surface area contributed by atoms with Gasteiger partial charge in [0.05, 0.1) is 16.4 Å². The Balaban J connectivity index is 1.07. The Morgan fingerprint density at radius 2 is 1.34 bits per heavy atom. The number of rotatable bonds is 6. The van der Waals surface area contributed by atoms with Crippen molar-refractivity contribution in [2.45, 2.75) is 71.4 Å². The first kappa shape index (κ1) is 22.9. The van der Waals surface area contributed by atoms with E-state index in [0.717, 1.165) is 54.5 Å². The van der Waals surface area contributed by atoms with Crippen LogP contribution >= 0.6 is 0 Å². The van der Waals surface area contributed by atoms with Gasteiger partial charge >= 0.3 is 5.69 Å². The van der Waals surface area contributed by atoms with Crippen LogP contribution in [0, 0.1) is 23.2 Å². The van der Waals surface area contributed by atoms with E-state index in [2.05, 4.69) is 11.8 Å². The summed E-state index contributed by atoms with van der Waals surface area (Å²) in [7, 11) is 0. The minimum absolute atomic E-state index is 0.0353. The molecule has 2 amide bonds. The lowest BCUT2D eigenvalue weighted by Crippen LogP contribution is -2.58. The number of aryl methyl sites for hydroxylation is 2. The van der Waals surface area contributed by atoms with Gasteiger partial charge < -0.3 is 9.80 Å². The van der Waals surface area contributed by atoms with Crippen LogP contribution < -0.4 is 5.69 Å². The predicted octanol–water partition coefficient (Wildman–Crippen LogP) is 3.49. The van der Waals surface area contributed by atoms with Crippen molar-refractivity contribution in [3.8, 4) is 0 Å². The van der Waals surface area contributed by atoms with Crippen molar-refractivity contribution in [2.24, 2.45) is 23.2 Å². The highest BCUT2D eigenvalue weighted by Crippen LogP contribution is 2.60. The zero-order valence-corrected chi connectivity index (χ0v) is 21.0. The maximum atomic E-state index is 13.6. The van der Waals surface area contributed by atoms with Gasteiger partial charge in [-0.15, -0.1) is 0 Å². The third-order valence-electron chi connectivity index (χ3n) is 9.33. The van der Waals surface area contributed by atoms with Crippen molar-refractivity contribution in [3.05, 3.63) is 34.7 Å². The smallest absolute Gasteiger partial charge is 0.329 e. The van der Waals surface area contributed by atoms with Gasteiger partial charge in [-0.3, -0.25) is 18.7 Å². The van der Waals surface area contributed by atoms with Gasteiger partial charge in [-0.2, -0.15) is 0 Å². The second-order valence-electron chi connectivity index (χ2n) is 11.7. The SMILES string of the molecule is CCCn1c(=O)n(CCC(=O)N2CCN(C(=O)C34CC5CC(CC(C5)C3)C4)CC2)c2ccccc21. The van der Waals surface area contributed by atoms with Crippen LogP contribution in [-0.4, -0.2) is 56.9 Å². The number of piperazine rings is 1. The summed E-state index contributed by atoms with van der Waals surface area (Å²) in [6.45, 7) is 5.62. The van der Waals surface area contributed by atoms with Crippen LogP contribution in [-0.2, 0) is 22.7 Å². The minimum atomic E-state index is -0.102. The largest absolute Gasteiger partial charge is 0.339 e. The fourth-order valence-corrected chi connectivity index (χ4v) is 8.16. The first-order chi connectivity index (χ1) is 17.0. The minimum Gasteiger partial charge on any atom is -0.339 e. The van der Waals surface area contributed by atoms with E-state index >= 15 is 0 Å². The Kier molecular flexibility index (Phi) is 5.76. The number of aromatic nitrogens is 2. The number of amides is 2. The lowest BCUT2D eigenvalue weighted by Gasteiger charge is -2.57. The summed E-state index contributed by atoms with van der Waals surface area (Å²) in [5.41, 5.74) is 1.69. The predicted molar refractivity (Wildman–Crippen MR) is 135 cm³/mol. The number of benzene rings is 1. The van der Waals surface area contributed by atoms with E-state index in [0.29, 0.717) is 51.6 Å². The van der Waals surface area contributed by atoms with Gasteiger partial charge in [0.15, 0.2) is 0 Å². The second-order valence-corrected chi connectivity index (χ2v) is 11.7. The molecule has 2 heterocycles. The summed E-state index contributed by atoms with van der Waals surface area (Å²) in [5, 5.41) is 0. The molecule has 188 valence electrons. The Labute approximate surface area is 207 Å². The van der Waals surface area contributed by atoms with Crippen LogP contribution in [0.25, 0.3) is 11.0 Å². The molecule has 1 aromatic carbocycles. The van der Waals surface area contributed by atoms with Gasteiger partial charge in [-0.05, 0) is 74.8 Å². The number of carbonyl (C=O) groups is 2. The third-order valence-corrected chi connectivity index (χ3v) is 9.33. The average Bonchev–Trinajstić information content (AvgIpc) is 3.12. The molecule has 7 rings (SSSR count). The quantitative estimate of drug-likeness (QED) is 0.638. The zero-order chi connectivity index (χ0) is 24.2. The highest BCUT2D eigenvalue weighted by Gasteiger charge is 2.55. The highest BCUT2D eigenvalue weighted by atomic mass is 16.2. The molecule has 1 aliphatic heterocycles. The van der Waals surface area contributed by atoms with Gasteiger partial charge in [0, 0.05) is 45.7 Å². The summed E-state index contributed by atoms with van der Waals surface area (Å²) in [6.07, 6.45) is 8.51. The molecule has 0 N–H and O–H groups in total. The standard InChI is InChI=1S/C28H38N4O3/c1-2-8-31-23-5-3-4-6-24(23)32(27(31)35)9-7-25(33)29-10-12-30(13-11-29)26(34)28-17-20-14-21(18-28)16-22(15-20)19-28/h3-6,20-22H,2,7-19H2,1H3. The lowest BCUT2D eigenvalue weighted by atomic mass is 9.49. The van der Waals surface area contributed by atoms with Gasteiger partial charge in [-0.1, -0.05) is 19.1 Å². The maximum absolute atomic E-state index is 13.6. The Morgan fingerprint density at radius 1 is 0.829 bits per heavy atom. The molecule has 5 aliphatic rings. The molecular formula is C28H38N4O3. The number of carbonyl (C=O) groups excluding carboxylic acids is 2. The molecule has 7 heteroatoms. The molecule has 0 atom stereocenters. The highest BCUT2D eigenvalue weighted by molar-refractivity contribution is 5.84. The van der Waals surface area contributed by atoms with Crippen molar-refractivity contribution in [1.29, 1.82) is 0 Å². The number of fused-ring (bicyclic) bond motifs is 1. The van der Waals surface area contributed by atoms with Crippen LogP contribution in [0.1, 0.15) is 58.3 Å². The number of nitrogens with zero attached hydrogens (tertiary/aromatic N) is 4. The Morgan fingerprint density at radius 3 is 1.89 bits per heavy atom. The van der Waals surface area contributed by atoms with E-state index in [9.17, 15) is 14.4 Å². The molecule has 0 unspecified atom stereocenters. The van der Waals surface area contributed by atoms with Crippen molar-refractivity contribution in [1.82, 2.24) is 18.9 Å². The topological polar surface area (TPSA) is 67.6 Å². The first-order valence-corrected chi connectivity index (χ1v) is 13.7. The fraction of sp³-hybridized carbons (Fsp3) is 0.679. The van der Waals surface area contributed by atoms with E-state index in [1.165, 1.54) is 19.3 Å². The summed E-state index contributed by atoms with van der Waals surface area (Å²) in [5.74, 6) is 2.74. The summed E-state index contributed by atoms with van der Waals surface area (Å²) >= 11 is 0. The molecule has 2 aromatic rings. The van der Waals surface area contributed by atoms with E-state index in [1.54, 1.807) is 4.57 Å². The molecule has 7 nitrogen and oxygen atoms in total. The summed E-state index contributed by atoms with van der Waals surface area (Å²) in [4.78, 5) is 43.6. The van der Waals surface area contributed by atoms with Crippen LogP contribution in [0.15, 0.2) is 29.1 Å². The normalized spacial score (nSPS) is 29.8. The molecular weight excluding hydrogens is 440 g/mol. The van der Waals surface area contributed by atoms with Gasteiger partial charge in [0.25, 0.3) is 0 Å². The number of hydrogen-bond acceptors (Lipinski definition) is 3. The van der Waals surface area contributed by atoms with Crippen molar-refractivity contribution < 1.29 is 9.59 Å². The summed E-state index contributed by atoms with van der Waals surface area (Å²) in [6, 6.07) is 7.83. The van der Waals surface area contributed by atoms with E-state index in [1.807, 2.05) is 33.7 Å². The van der Waals surface area contributed by atoms with Gasteiger partial charge in [0.1, 0.15) is 0 Å². The molecule has 5 fully saturated rings. The molecule has 35 heavy (non-hydrogen) atoms. The van der Waals surface area contributed by atoms with E-state index in [4.69, 9.17) is 0 Å². The van der Waals surface area contributed by atoms with E-state index < -0.39 is 0 Å². The number of hydrogen-bond donors (Lipinski definition) is 0. The second kappa shape index (κ2) is 8.82. The third kappa shape index (κ3) is 3.91. The van der Waals surface area contributed by atoms with Crippen molar-refractivity contribution in [2.75, 3.05) is 26.2 Å². The Hall–Kier alpha value is -2.57. The fourth-order valence-electron chi connectivity index (χ4n) is 8.16. The molecule has 4 saturated carbocycles. The monoisotopic (exact) mass is 478 g/mol. The molecule has 0 radical (unpaired) electrons. The number of para-hydroxylation sites is 2. The molecule has 4 aliphatic carbocycles. The Bertz CT molecular complexity index is 1150. The van der Waals surface area contributed by atoms with Gasteiger partial charge in [-0.25, -0.2) is 4.79 Å². The molecule has 4 bridgehead atoms. The summed E-state index contributed by atoms with van der Waals surface area (Å²) < 4.78 is 3.56.